The summed E-state index contributed by atoms with van der Waals surface area (Å²) in [6, 6.07) is 2.86. The highest BCUT2D eigenvalue weighted by Gasteiger charge is 2.30. The second-order valence-corrected chi connectivity index (χ2v) is 5.93. The number of aromatic nitrogens is 2. The molecular formula is C13H19N5S. The summed E-state index contributed by atoms with van der Waals surface area (Å²) >= 11 is 1.73. The zero-order valence-corrected chi connectivity index (χ0v) is 12.1. The Morgan fingerprint density at radius 2 is 2.21 bits per heavy atom. The molecule has 3 N–H and O–H groups in total. The van der Waals surface area contributed by atoms with E-state index in [2.05, 4.69) is 40.2 Å². The molecule has 0 aromatic carbocycles. The number of hydrogen-bond donors (Lipinski definition) is 2. The third kappa shape index (κ3) is 2.26. The summed E-state index contributed by atoms with van der Waals surface area (Å²) < 4.78 is 0. The van der Waals surface area contributed by atoms with Gasteiger partial charge in [0.25, 0.3) is 0 Å². The molecule has 1 saturated carbocycles. The number of thiophene rings is 1. The molecule has 1 fully saturated rings. The van der Waals surface area contributed by atoms with Crippen LogP contribution in [0, 0.1) is 0 Å². The third-order valence-electron chi connectivity index (χ3n) is 3.50. The van der Waals surface area contributed by atoms with Crippen molar-refractivity contribution in [2.24, 2.45) is 5.84 Å². The first-order valence-electron chi connectivity index (χ1n) is 6.80. The molecule has 0 atom stereocenters. The zero-order valence-electron chi connectivity index (χ0n) is 11.3. The van der Waals surface area contributed by atoms with Crippen LogP contribution in [-0.4, -0.2) is 22.6 Å². The lowest BCUT2D eigenvalue weighted by molar-refractivity contribution is 0.812. The van der Waals surface area contributed by atoms with Crippen LogP contribution in [0.1, 0.15) is 31.6 Å². The molecule has 2 aromatic heterocycles. The molecule has 0 spiro atoms. The number of rotatable bonds is 5. The number of nitrogens with zero attached hydrogens (tertiary/aromatic N) is 3. The van der Waals surface area contributed by atoms with E-state index < -0.39 is 0 Å². The van der Waals surface area contributed by atoms with Crippen molar-refractivity contribution in [2.45, 2.75) is 39.2 Å². The summed E-state index contributed by atoms with van der Waals surface area (Å²) in [6.45, 7) is 5.31. The van der Waals surface area contributed by atoms with Crippen LogP contribution in [0.2, 0.25) is 0 Å². The number of nitrogens with one attached hydrogen (secondary N) is 1. The Bertz CT molecular complexity index is 590. The predicted octanol–water partition coefficient (Wildman–Crippen LogP) is 2.53. The van der Waals surface area contributed by atoms with Gasteiger partial charge in [-0.1, -0.05) is 6.92 Å². The first-order chi connectivity index (χ1) is 9.26. The quantitative estimate of drug-likeness (QED) is 0.649. The van der Waals surface area contributed by atoms with Crippen molar-refractivity contribution in [2.75, 3.05) is 16.9 Å². The minimum absolute atomic E-state index is 0.506. The van der Waals surface area contributed by atoms with Gasteiger partial charge in [-0.15, -0.1) is 11.3 Å². The monoisotopic (exact) mass is 277 g/mol. The minimum Gasteiger partial charge on any atom is -0.353 e. The fourth-order valence-corrected chi connectivity index (χ4v) is 3.34. The van der Waals surface area contributed by atoms with E-state index in [1.807, 2.05) is 0 Å². The van der Waals surface area contributed by atoms with Crippen LogP contribution >= 0.6 is 11.3 Å². The Kier molecular flexibility index (Phi) is 3.28. The van der Waals surface area contributed by atoms with Crippen molar-refractivity contribution in [3.8, 4) is 0 Å². The standard InChI is InChI=1S/C13H19N5S/c1-3-9-7-10-11(18(4-2)8-5-6-8)15-13(17-14)16-12(10)19-9/h7-8H,3-6,14H2,1-2H3,(H,15,16,17). The molecule has 6 heteroatoms. The van der Waals surface area contributed by atoms with Crippen molar-refractivity contribution < 1.29 is 0 Å². The topological polar surface area (TPSA) is 67.1 Å². The van der Waals surface area contributed by atoms with Gasteiger partial charge < -0.3 is 4.90 Å². The molecule has 0 amide bonds. The smallest absolute Gasteiger partial charge is 0.240 e. The van der Waals surface area contributed by atoms with Crippen LogP contribution in [0.4, 0.5) is 11.8 Å². The maximum atomic E-state index is 5.49. The lowest BCUT2D eigenvalue weighted by Crippen LogP contribution is -2.27. The van der Waals surface area contributed by atoms with E-state index in [1.165, 1.54) is 17.7 Å². The van der Waals surface area contributed by atoms with E-state index in [0.717, 1.165) is 29.0 Å². The Labute approximate surface area is 116 Å². The molecule has 102 valence electrons. The van der Waals surface area contributed by atoms with E-state index in [1.54, 1.807) is 11.3 Å². The van der Waals surface area contributed by atoms with Crippen LogP contribution in [-0.2, 0) is 6.42 Å². The Morgan fingerprint density at radius 3 is 2.79 bits per heavy atom. The Balaban J connectivity index is 2.16. The largest absolute Gasteiger partial charge is 0.353 e. The summed E-state index contributed by atoms with van der Waals surface area (Å²) in [5.74, 6) is 7.03. The molecule has 0 radical (unpaired) electrons. The zero-order chi connectivity index (χ0) is 13.4. The maximum absolute atomic E-state index is 5.49. The number of anilines is 2. The summed E-state index contributed by atoms with van der Waals surface area (Å²) in [7, 11) is 0. The first-order valence-corrected chi connectivity index (χ1v) is 7.62. The van der Waals surface area contributed by atoms with E-state index in [4.69, 9.17) is 5.84 Å². The van der Waals surface area contributed by atoms with E-state index in [9.17, 15) is 0 Å². The summed E-state index contributed by atoms with van der Waals surface area (Å²) in [4.78, 5) is 13.8. The molecule has 19 heavy (non-hydrogen) atoms. The van der Waals surface area contributed by atoms with Gasteiger partial charge in [-0.2, -0.15) is 4.98 Å². The fourth-order valence-electron chi connectivity index (χ4n) is 2.38. The lowest BCUT2D eigenvalue weighted by Gasteiger charge is -2.22. The first kappa shape index (κ1) is 12.6. The highest BCUT2D eigenvalue weighted by Crippen LogP contribution is 2.37. The second kappa shape index (κ2) is 4.94. The molecule has 0 bridgehead atoms. The van der Waals surface area contributed by atoms with E-state index in [0.29, 0.717) is 12.0 Å². The van der Waals surface area contributed by atoms with E-state index >= 15 is 0 Å². The van der Waals surface area contributed by atoms with Crippen LogP contribution in [0.25, 0.3) is 10.2 Å². The molecule has 3 rings (SSSR count). The molecule has 1 aliphatic rings. The van der Waals surface area contributed by atoms with Crippen molar-refractivity contribution in [1.82, 2.24) is 9.97 Å². The van der Waals surface area contributed by atoms with Gasteiger partial charge in [0, 0.05) is 17.5 Å². The van der Waals surface area contributed by atoms with Gasteiger partial charge in [-0.05, 0) is 32.3 Å². The van der Waals surface area contributed by atoms with Gasteiger partial charge in [0.2, 0.25) is 5.95 Å². The molecule has 1 aliphatic carbocycles. The molecule has 2 heterocycles. The van der Waals surface area contributed by atoms with Crippen molar-refractivity contribution in [3.63, 3.8) is 0 Å². The molecule has 2 aromatic rings. The summed E-state index contributed by atoms with van der Waals surface area (Å²) in [6.07, 6.45) is 3.55. The molecule has 5 nitrogen and oxygen atoms in total. The van der Waals surface area contributed by atoms with Gasteiger partial charge in [0.1, 0.15) is 10.6 Å². The number of hydrazine groups is 1. The van der Waals surface area contributed by atoms with Crippen LogP contribution in [0.15, 0.2) is 6.07 Å². The van der Waals surface area contributed by atoms with Gasteiger partial charge >= 0.3 is 0 Å². The van der Waals surface area contributed by atoms with Crippen molar-refractivity contribution in [3.05, 3.63) is 10.9 Å². The molecule has 0 unspecified atom stereocenters. The molecule has 0 aliphatic heterocycles. The highest BCUT2D eigenvalue weighted by molar-refractivity contribution is 7.18. The number of nitrogen functional groups attached to an aromatic ring is 1. The fraction of sp³-hybridized carbons (Fsp3) is 0.538. The van der Waals surface area contributed by atoms with Crippen LogP contribution in [0.3, 0.4) is 0 Å². The van der Waals surface area contributed by atoms with Crippen LogP contribution in [0.5, 0.6) is 0 Å². The maximum Gasteiger partial charge on any atom is 0.240 e. The normalized spacial score (nSPS) is 14.9. The summed E-state index contributed by atoms with van der Waals surface area (Å²) in [5.41, 5.74) is 2.58. The van der Waals surface area contributed by atoms with Gasteiger partial charge in [0.05, 0.1) is 5.39 Å². The van der Waals surface area contributed by atoms with E-state index in [-0.39, 0.29) is 0 Å². The predicted molar refractivity (Wildman–Crippen MR) is 80.6 cm³/mol. The minimum atomic E-state index is 0.506. The van der Waals surface area contributed by atoms with Gasteiger partial charge in [0.15, 0.2) is 0 Å². The van der Waals surface area contributed by atoms with Gasteiger partial charge in [-0.3, -0.25) is 5.43 Å². The third-order valence-corrected chi connectivity index (χ3v) is 4.67. The highest BCUT2D eigenvalue weighted by atomic mass is 32.1. The van der Waals surface area contributed by atoms with Crippen molar-refractivity contribution in [1.29, 1.82) is 0 Å². The molecular weight excluding hydrogens is 258 g/mol. The van der Waals surface area contributed by atoms with Crippen LogP contribution < -0.4 is 16.2 Å². The SMILES string of the molecule is CCc1cc2c(N(CC)C3CC3)nc(NN)nc2s1. The second-order valence-electron chi connectivity index (χ2n) is 4.82. The average Bonchev–Trinajstić information content (AvgIpc) is 3.17. The number of aryl methyl sites for hydroxylation is 1. The average molecular weight is 277 g/mol. The number of fused-ring (bicyclic) bond motifs is 1. The summed E-state index contributed by atoms with van der Waals surface area (Å²) in [5, 5.41) is 1.16. The lowest BCUT2D eigenvalue weighted by atomic mass is 10.3. The molecule has 0 saturated heterocycles. The number of hydrogen-bond acceptors (Lipinski definition) is 6. The Morgan fingerprint density at radius 1 is 1.42 bits per heavy atom. The Hall–Kier alpha value is -1.40. The van der Waals surface area contributed by atoms with Gasteiger partial charge in [-0.25, -0.2) is 10.8 Å². The number of nitrogens with two attached hydrogens (primary N) is 1. The van der Waals surface area contributed by atoms with Crippen molar-refractivity contribution >= 4 is 33.3 Å².